The maximum Gasteiger partial charge on any atom is 0.162 e. The molecule has 6 nitrogen and oxygen atoms in total. The number of anilines is 1. The monoisotopic (exact) mass is 251 g/mol. The van der Waals surface area contributed by atoms with Gasteiger partial charge in [-0.15, -0.1) is 5.10 Å². The number of nitrogen functional groups attached to an aromatic ring is 1. The van der Waals surface area contributed by atoms with Crippen LogP contribution in [0.15, 0.2) is 12.3 Å². The second kappa shape index (κ2) is 6.90. The molecule has 1 unspecified atom stereocenters. The molecule has 0 fully saturated rings. The van der Waals surface area contributed by atoms with Gasteiger partial charge in [0.05, 0.1) is 18.4 Å². The van der Waals surface area contributed by atoms with Gasteiger partial charge in [-0.3, -0.25) is 5.41 Å². The van der Waals surface area contributed by atoms with Crippen molar-refractivity contribution < 1.29 is 4.74 Å². The van der Waals surface area contributed by atoms with Gasteiger partial charge in [-0.05, 0) is 19.4 Å². The fourth-order valence-corrected chi connectivity index (χ4v) is 1.69. The van der Waals surface area contributed by atoms with E-state index in [2.05, 4.69) is 28.9 Å². The quantitative estimate of drug-likeness (QED) is 0.558. The molecule has 100 valence electrons. The summed E-state index contributed by atoms with van der Waals surface area (Å²) in [4.78, 5) is 2.08. The Morgan fingerprint density at radius 2 is 2.33 bits per heavy atom. The van der Waals surface area contributed by atoms with E-state index in [1.54, 1.807) is 19.4 Å². The van der Waals surface area contributed by atoms with E-state index >= 15 is 0 Å². The van der Waals surface area contributed by atoms with Gasteiger partial charge in [0.1, 0.15) is 5.84 Å². The maximum atomic E-state index is 7.60. The smallest absolute Gasteiger partial charge is 0.162 e. The summed E-state index contributed by atoms with van der Waals surface area (Å²) >= 11 is 0. The zero-order valence-corrected chi connectivity index (χ0v) is 11.2. The Morgan fingerprint density at radius 3 is 2.89 bits per heavy atom. The van der Waals surface area contributed by atoms with E-state index in [4.69, 9.17) is 15.9 Å². The summed E-state index contributed by atoms with van der Waals surface area (Å²) in [5.41, 5.74) is 6.19. The standard InChI is InChI=1S/C12H21N5O/c1-4-9(2)17(7-8-18-3)12-10(11(13)14)5-6-15-16-12/h5-6,9H,4,7-8H2,1-3H3,(H3,13,14). The second-order valence-corrected chi connectivity index (χ2v) is 4.13. The minimum absolute atomic E-state index is 0.00520. The number of methoxy groups -OCH3 is 1. The van der Waals surface area contributed by atoms with Crippen LogP contribution in [0.3, 0.4) is 0 Å². The van der Waals surface area contributed by atoms with Crippen molar-refractivity contribution in [1.29, 1.82) is 5.41 Å². The number of nitrogens with two attached hydrogens (primary N) is 1. The van der Waals surface area contributed by atoms with Crippen molar-refractivity contribution in [3.8, 4) is 0 Å². The average Bonchev–Trinajstić information content (AvgIpc) is 2.39. The third-order valence-electron chi connectivity index (χ3n) is 2.92. The first-order valence-electron chi connectivity index (χ1n) is 6.03. The number of aromatic nitrogens is 2. The van der Waals surface area contributed by atoms with E-state index in [-0.39, 0.29) is 11.9 Å². The van der Waals surface area contributed by atoms with Crippen LogP contribution in [0.4, 0.5) is 5.82 Å². The molecule has 6 heteroatoms. The second-order valence-electron chi connectivity index (χ2n) is 4.13. The minimum atomic E-state index is 0.00520. The SMILES string of the molecule is CCC(C)N(CCOC)c1nnccc1C(=N)N. The van der Waals surface area contributed by atoms with Crippen LogP contribution in [-0.2, 0) is 4.74 Å². The van der Waals surface area contributed by atoms with E-state index in [1.165, 1.54) is 0 Å². The van der Waals surface area contributed by atoms with E-state index in [9.17, 15) is 0 Å². The lowest BCUT2D eigenvalue weighted by atomic mass is 10.1. The van der Waals surface area contributed by atoms with Crippen LogP contribution in [0.5, 0.6) is 0 Å². The lowest BCUT2D eigenvalue weighted by Crippen LogP contribution is -2.37. The fraction of sp³-hybridized carbons (Fsp3) is 0.583. The molecule has 0 bridgehead atoms. The number of nitrogens with zero attached hydrogens (tertiary/aromatic N) is 3. The van der Waals surface area contributed by atoms with Gasteiger partial charge in [-0.25, -0.2) is 0 Å². The molecule has 0 aliphatic heterocycles. The van der Waals surface area contributed by atoms with Gasteiger partial charge >= 0.3 is 0 Å². The highest BCUT2D eigenvalue weighted by Gasteiger charge is 2.19. The summed E-state index contributed by atoms with van der Waals surface area (Å²) in [5.74, 6) is 0.655. The van der Waals surface area contributed by atoms with Crippen LogP contribution in [0.25, 0.3) is 0 Å². The third kappa shape index (κ3) is 3.40. The molecular weight excluding hydrogens is 230 g/mol. The highest BCUT2D eigenvalue weighted by molar-refractivity contribution is 5.99. The van der Waals surface area contributed by atoms with Gasteiger partial charge in [0, 0.05) is 19.7 Å². The van der Waals surface area contributed by atoms with Crippen LogP contribution in [0.2, 0.25) is 0 Å². The van der Waals surface area contributed by atoms with Gasteiger partial charge in [0.25, 0.3) is 0 Å². The molecule has 0 aliphatic carbocycles. The molecule has 1 aromatic rings. The van der Waals surface area contributed by atoms with E-state index in [0.717, 1.165) is 6.42 Å². The highest BCUT2D eigenvalue weighted by atomic mass is 16.5. The minimum Gasteiger partial charge on any atom is -0.384 e. The Labute approximate surface area is 108 Å². The summed E-state index contributed by atoms with van der Waals surface area (Å²) < 4.78 is 5.11. The van der Waals surface area contributed by atoms with Gasteiger partial charge in [-0.1, -0.05) is 6.92 Å². The normalized spacial score (nSPS) is 12.2. The van der Waals surface area contributed by atoms with Crippen LogP contribution in [0.1, 0.15) is 25.8 Å². The van der Waals surface area contributed by atoms with Crippen molar-refractivity contribution in [1.82, 2.24) is 10.2 Å². The molecule has 1 rings (SSSR count). The Hall–Kier alpha value is -1.69. The largest absolute Gasteiger partial charge is 0.384 e. The lowest BCUT2D eigenvalue weighted by Gasteiger charge is -2.30. The summed E-state index contributed by atoms with van der Waals surface area (Å²) in [6.07, 6.45) is 2.52. The molecule has 18 heavy (non-hydrogen) atoms. The molecule has 0 saturated carbocycles. The summed E-state index contributed by atoms with van der Waals surface area (Å²) in [7, 11) is 1.66. The predicted octanol–water partition coefficient (Wildman–Crippen LogP) is 1.01. The molecule has 0 aromatic carbocycles. The molecule has 1 atom stereocenters. The molecule has 1 aromatic heterocycles. The van der Waals surface area contributed by atoms with Gasteiger partial charge in [0.15, 0.2) is 5.82 Å². The first-order chi connectivity index (χ1) is 8.61. The van der Waals surface area contributed by atoms with E-state index in [1.807, 2.05) is 0 Å². The lowest BCUT2D eigenvalue weighted by molar-refractivity contribution is 0.203. The topological polar surface area (TPSA) is 88.1 Å². The molecule has 1 heterocycles. The predicted molar refractivity (Wildman–Crippen MR) is 72.0 cm³/mol. The van der Waals surface area contributed by atoms with Gasteiger partial charge in [0.2, 0.25) is 0 Å². The number of amidine groups is 1. The number of rotatable bonds is 7. The van der Waals surface area contributed by atoms with Gasteiger partial charge in [-0.2, -0.15) is 5.10 Å². The Morgan fingerprint density at radius 1 is 1.61 bits per heavy atom. The molecule has 0 aliphatic rings. The Balaban J connectivity index is 3.07. The first kappa shape index (κ1) is 14.4. The number of nitrogens with one attached hydrogen (secondary N) is 1. The van der Waals surface area contributed by atoms with Crippen LogP contribution in [-0.4, -0.2) is 42.3 Å². The summed E-state index contributed by atoms with van der Waals surface area (Å²) in [5, 5.41) is 15.6. The molecule has 0 radical (unpaired) electrons. The zero-order chi connectivity index (χ0) is 13.5. The number of hydrogen-bond acceptors (Lipinski definition) is 5. The maximum absolute atomic E-state index is 7.60. The van der Waals surface area contributed by atoms with Crippen molar-refractivity contribution in [3.05, 3.63) is 17.8 Å². The molecule has 0 amide bonds. The molecule has 3 N–H and O–H groups in total. The molecule has 0 saturated heterocycles. The molecule has 0 spiro atoms. The van der Waals surface area contributed by atoms with Crippen LogP contribution in [0, 0.1) is 5.41 Å². The molecular formula is C12H21N5O. The number of hydrogen-bond donors (Lipinski definition) is 2. The number of ether oxygens (including phenoxy) is 1. The van der Waals surface area contributed by atoms with Crippen molar-refractivity contribution >= 4 is 11.7 Å². The van der Waals surface area contributed by atoms with Crippen molar-refractivity contribution in [2.45, 2.75) is 26.3 Å². The highest BCUT2D eigenvalue weighted by Crippen LogP contribution is 2.19. The van der Waals surface area contributed by atoms with Gasteiger partial charge < -0.3 is 15.4 Å². The van der Waals surface area contributed by atoms with Crippen LogP contribution < -0.4 is 10.6 Å². The van der Waals surface area contributed by atoms with E-state index < -0.39 is 0 Å². The van der Waals surface area contributed by atoms with E-state index in [0.29, 0.717) is 24.5 Å². The van der Waals surface area contributed by atoms with Crippen molar-refractivity contribution in [2.75, 3.05) is 25.2 Å². The van der Waals surface area contributed by atoms with Crippen LogP contribution >= 0.6 is 0 Å². The average molecular weight is 251 g/mol. The third-order valence-corrected chi connectivity index (χ3v) is 2.92. The van der Waals surface area contributed by atoms with Crippen molar-refractivity contribution in [2.24, 2.45) is 5.73 Å². The fourth-order valence-electron chi connectivity index (χ4n) is 1.69. The Kier molecular flexibility index (Phi) is 5.51. The zero-order valence-electron chi connectivity index (χ0n) is 11.2. The summed E-state index contributed by atoms with van der Waals surface area (Å²) in [6.45, 7) is 5.51. The Bertz CT molecular complexity index is 396. The van der Waals surface area contributed by atoms with Crippen molar-refractivity contribution in [3.63, 3.8) is 0 Å². The summed E-state index contributed by atoms with van der Waals surface area (Å²) in [6, 6.07) is 2.00. The first-order valence-corrected chi connectivity index (χ1v) is 6.03.